The van der Waals surface area contributed by atoms with Crippen molar-refractivity contribution in [3.05, 3.63) is 49.3 Å². The molecule has 4 heterocycles. The van der Waals surface area contributed by atoms with E-state index < -0.39 is 17.3 Å². The van der Waals surface area contributed by atoms with E-state index in [0.717, 1.165) is 10.4 Å². The zero-order chi connectivity index (χ0) is 21.5. The number of ether oxygens (including phenoxy) is 1. The van der Waals surface area contributed by atoms with Crippen molar-refractivity contribution >= 4 is 23.2 Å². The number of nitrogens with zero attached hydrogens (tertiary/aromatic N) is 2. The van der Waals surface area contributed by atoms with E-state index in [4.69, 9.17) is 4.74 Å². The van der Waals surface area contributed by atoms with Crippen molar-refractivity contribution in [3.8, 4) is 0 Å². The molecule has 9 heteroatoms. The molecule has 2 N–H and O–H groups in total. The number of hydrogen-bond acceptors (Lipinski definition) is 6. The standard InChI is InChI=1S/C21H25N3O5S/c1-12(2)9-13-10-15(23-20(28)22-13)18(25)24-6-4-21(5-7-24)14-11-17(19(26)27)30-16(14)3-8-29-21/h10-12H,3-9H2,1-2H3,(H,26,27)(H,22,23,28). The highest BCUT2D eigenvalue weighted by molar-refractivity contribution is 7.14. The van der Waals surface area contributed by atoms with Gasteiger partial charge in [-0.15, -0.1) is 11.3 Å². The summed E-state index contributed by atoms with van der Waals surface area (Å²) in [5, 5.41) is 9.34. The van der Waals surface area contributed by atoms with Crippen LogP contribution in [0, 0.1) is 5.92 Å². The molecule has 30 heavy (non-hydrogen) atoms. The van der Waals surface area contributed by atoms with Crippen LogP contribution < -0.4 is 5.69 Å². The number of carbonyl (C=O) groups excluding carboxylic acids is 1. The molecule has 0 unspecified atom stereocenters. The van der Waals surface area contributed by atoms with Crippen LogP contribution in [0.4, 0.5) is 0 Å². The van der Waals surface area contributed by atoms with E-state index in [1.54, 1.807) is 17.0 Å². The van der Waals surface area contributed by atoms with Gasteiger partial charge in [0.2, 0.25) is 0 Å². The number of nitrogens with one attached hydrogen (secondary N) is 1. The van der Waals surface area contributed by atoms with Gasteiger partial charge in [-0.05, 0) is 42.9 Å². The molecule has 2 aliphatic heterocycles. The summed E-state index contributed by atoms with van der Waals surface area (Å²) >= 11 is 1.31. The Kier molecular flexibility index (Phi) is 5.50. The van der Waals surface area contributed by atoms with Gasteiger partial charge in [0.15, 0.2) is 0 Å². The SMILES string of the molecule is CC(C)Cc1cc(C(=O)N2CCC3(CC2)OCCc2sc(C(=O)O)cc23)nc(=O)[nH]1. The maximum absolute atomic E-state index is 13.0. The second kappa shape index (κ2) is 7.96. The number of amides is 1. The van der Waals surface area contributed by atoms with Gasteiger partial charge in [-0.3, -0.25) is 4.79 Å². The molecule has 160 valence electrons. The normalized spacial score (nSPS) is 17.9. The lowest BCUT2D eigenvalue weighted by atomic mass is 9.82. The molecule has 8 nitrogen and oxygen atoms in total. The van der Waals surface area contributed by atoms with Crippen LogP contribution in [0.1, 0.15) is 63.0 Å². The molecule has 1 spiro atoms. The van der Waals surface area contributed by atoms with Gasteiger partial charge in [0.25, 0.3) is 5.91 Å². The average Bonchev–Trinajstić information content (AvgIpc) is 3.14. The lowest BCUT2D eigenvalue weighted by molar-refractivity contribution is -0.0927. The number of H-pyrrole nitrogens is 1. The van der Waals surface area contributed by atoms with Gasteiger partial charge < -0.3 is 19.7 Å². The van der Waals surface area contributed by atoms with Gasteiger partial charge in [-0.2, -0.15) is 4.98 Å². The molecule has 0 atom stereocenters. The Morgan fingerprint density at radius 3 is 2.73 bits per heavy atom. The Labute approximate surface area is 177 Å². The Morgan fingerprint density at radius 2 is 2.07 bits per heavy atom. The number of piperidine rings is 1. The van der Waals surface area contributed by atoms with Crippen molar-refractivity contribution in [1.29, 1.82) is 0 Å². The third kappa shape index (κ3) is 3.91. The fourth-order valence-electron chi connectivity index (χ4n) is 4.34. The number of carboxylic acid groups (broad SMARTS) is 1. The van der Waals surface area contributed by atoms with Crippen molar-refractivity contribution in [2.75, 3.05) is 19.7 Å². The van der Waals surface area contributed by atoms with Crippen LogP contribution in [0.3, 0.4) is 0 Å². The monoisotopic (exact) mass is 431 g/mol. The Morgan fingerprint density at radius 1 is 1.33 bits per heavy atom. The Hall–Kier alpha value is -2.52. The minimum atomic E-state index is -0.922. The number of thiophene rings is 1. The molecule has 2 aliphatic rings. The smallest absolute Gasteiger partial charge is 0.345 e. The highest BCUT2D eigenvalue weighted by Gasteiger charge is 2.43. The lowest BCUT2D eigenvalue weighted by Gasteiger charge is -2.44. The largest absolute Gasteiger partial charge is 0.477 e. The summed E-state index contributed by atoms with van der Waals surface area (Å²) in [4.78, 5) is 46.0. The van der Waals surface area contributed by atoms with Crippen molar-refractivity contribution in [2.24, 2.45) is 5.92 Å². The number of aromatic nitrogens is 2. The molecule has 4 rings (SSSR count). The minimum Gasteiger partial charge on any atom is -0.477 e. The molecule has 2 aromatic heterocycles. The number of likely N-dealkylation sites (tertiary alicyclic amines) is 1. The first kappa shape index (κ1) is 20.7. The predicted molar refractivity (Wildman–Crippen MR) is 111 cm³/mol. The van der Waals surface area contributed by atoms with E-state index >= 15 is 0 Å². The molecule has 1 amide bonds. The van der Waals surface area contributed by atoms with Crippen LogP contribution >= 0.6 is 11.3 Å². The summed E-state index contributed by atoms with van der Waals surface area (Å²) in [6.07, 6.45) is 2.56. The third-order valence-electron chi connectivity index (χ3n) is 5.72. The van der Waals surface area contributed by atoms with Gasteiger partial charge in [0.05, 0.1) is 12.2 Å². The molecule has 0 radical (unpaired) electrons. The van der Waals surface area contributed by atoms with Gasteiger partial charge in [-0.1, -0.05) is 13.8 Å². The molecule has 0 saturated carbocycles. The Bertz CT molecular complexity index is 1030. The van der Waals surface area contributed by atoms with Gasteiger partial charge >= 0.3 is 11.7 Å². The lowest BCUT2D eigenvalue weighted by Crippen LogP contribution is -2.48. The number of fused-ring (bicyclic) bond motifs is 2. The van der Waals surface area contributed by atoms with E-state index in [0.29, 0.717) is 61.9 Å². The zero-order valence-corrected chi connectivity index (χ0v) is 17.9. The van der Waals surface area contributed by atoms with E-state index in [1.165, 1.54) is 11.3 Å². The molecule has 1 saturated heterocycles. The van der Waals surface area contributed by atoms with E-state index in [2.05, 4.69) is 9.97 Å². The third-order valence-corrected chi connectivity index (χ3v) is 6.91. The van der Waals surface area contributed by atoms with Crippen LogP contribution in [0.25, 0.3) is 0 Å². The van der Waals surface area contributed by atoms with Gasteiger partial charge in [0.1, 0.15) is 10.6 Å². The number of aromatic carboxylic acids is 1. The topological polar surface area (TPSA) is 113 Å². The van der Waals surface area contributed by atoms with Crippen molar-refractivity contribution < 1.29 is 19.4 Å². The number of aromatic amines is 1. The summed E-state index contributed by atoms with van der Waals surface area (Å²) in [6, 6.07) is 3.40. The number of rotatable bonds is 4. The predicted octanol–water partition coefficient (Wildman–Crippen LogP) is 2.43. The van der Waals surface area contributed by atoms with Crippen LogP contribution in [-0.2, 0) is 23.2 Å². The highest BCUT2D eigenvalue weighted by Crippen LogP contribution is 2.44. The zero-order valence-electron chi connectivity index (χ0n) is 17.1. The molecule has 0 aliphatic carbocycles. The summed E-state index contributed by atoms with van der Waals surface area (Å²) in [7, 11) is 0. The first-order chi connectivity index (χ1) is 14.3. The van der Waals surface area contributed by atoms with Crippen molar-refractivity contribution in [3.63, 3.8) is 0 Å². The Balaban J connectivity index is 1.52. The molecular weight excluding hydrogens is 406 g/mol. The first-order valence-corrected chi connectivity index (χ1v) is 11.0. The second-order valence-electron chi connectivity index (χ2n) is 8.33. The molecule has 0 bridgehead atoms. The number of carbonyl (C=O) groups is 2. The minimum absolute atomic E-state index is 0.166. The summed E-state index contributed by atoms with van der Waals surface area (Å²) in [5.74, 6) is -0.830. The van der Waals surface area contributed by atoms with Crippen molar-refractivity contribution in [1.82, 2.24) is 14.9 Å². The van der Waals surface area contributed by atoms with Gasteiger partial charge in [-0.25, -0.2) is 9.59 Å². The van der Waals surface area contributed by atoms with Crippen LogP contribution in [0.2, 0.25) is 0 Å². The summed E-state index contributed by atoms with van der Waals surface area (Å²) < 4.78 is 6.15. The van der Waals surface area contributed by atoms with E-state index in [9.17, 15) is 19.5 Å². The molecule has 0 aromatic carbocycles. The first-order valence-electron chi connectivity index (χ1n) is 10.2. The number of carboxylic acids is 1. The maximum atomic E-state index is 13.0. The summed E-state index contributed by atoms with van der Waals surface area (Å²) in [6.45, 7) is 5.57. The fraction of sp³-hybridized carbons (Fsp3) is 0.524. The van der Waals surface area contributed by atoms with E-state index in [-0.39, 0.29) is 11.6 Å². The van der Waals surface area contributed by atoms with Crippen LogP contribution in [0.15, 0.2) is 16.9 Å². The van der Waals surface area contributed by atoms with Crippen LogP contribution in [0.5, 0.6) is 0 Å². The van der Waals surface area contributed by atoms with Crippen molar-refractivity contribution in [2.45, 2.75) is 45.1 Å². The molecule has 1 fully saturated rings. The highest BCUT2D eigenvalue weighted by atomic mass is 32.1. The van der Waals surface area contributed by atoms with E-state index in [1.807, 2.05) is 13.8 Å². The van der Waals surface area contributed by atoms with Crippen LogP contribution in [-0.4, -0.2) is 51.5 Å². The fourth-order valence-corrected chi connectivity index (χ4v) is 5.41. The van der Waals surface area contributed by atoms with Gasteiger partial charge in [0, 0.05) is 30.1 Å². The summed E-state index contributed by atoms with van der Waals surface area (Å²) in [5.41, 5.74) is 0.779. The number of hydrogen-bond donors (Lipinski definition) is 2. The second-order valence-corrected chi connectivity index (χ2v) is 9.47. The molecule has 2 aromatic rings. The maximum Gasteiger partial charge on any atom is 0.345 e. The molecular formula is C21H25N3O5S. The quantitative estimate of drug-likeness (QED) is 0.769. The average molecular weight is 432 g/mol.